The SMILES string of the molecule is CN(CN)CCCCCCCCCCCCO. The molecule has 0 aromatic rings. The summed E-state index contributed by atoms with van der Waals surface area (Å²) < 4.78 is 0. The van der Waals surface area contributed by atoms with Gasteiger partial charge in [-0.05, 0) is 26.4 Å². The summed E-state index contributed by atoms with van der Waals surface area (Å²) in [5.41, 5.74) is 5.51. The Bertz CT molecular complexity index is 142. The van der Waals surface area contributed by atoms with Crippen LogP contribution in [0.5, 0.6) is 0 Å². The predicted octanol–water partition coefficient (Wildman–Crippen LogP) is 2.73. The summed E-state index contributed by atoms with van der Waals surface area (Å²) >= 11 is 0. The highest BCUT2D eigenvalue weighted by Gasteiger charge is 1.95. The summed E-state index contributed by atoms with van der Waals surface area (Å²) in [7, 11) is 2.08. The average Bonchev–Trinajstić information content (AvgIpc) is 2.35. The van der Waals surface area contributed by atoms with E-state index in [0.29, 0.717) is 13.3 Å². The molecule has 0 saturated heterocycles. The zero-order chi connectivity index (χ0) is 12.8. The highest BCUT2D eigenvalue weighted by atomic mass is 16.2. The Balaban J connectivity index is 2.94. The van der Waals surface area contributed by atoms with Crippen LogP contribution in [-0.2, 0) is 0 Å². The van der Waals surface area contributed by atoms with E-state index in [9.17, 15) is 0 Å². The molecule has 0 aliphatic heterocycles. The number of aliphatic hydroxyl groups excluding tert-OH is 1. The second-order valence-corrected chi connectivity index (χ2v) is 5.02. The molecule has 0 aliphatic carbocycles. The Morgan fingerprint density at radius 1 is 0.765 bits per heavy atom. The molecular weight excluding hydrogens is 212 g/mol. The molecule has 17 heavy (non-hydrogen) atoms. The first-order chi connectivity index (χ1) is 8.31. The first-order valence-corrected chi connectivity index (χ1v) is 7.30. The molecule has 0 unspecified atom stereocenters. The summed E-state index contributed by atoms with van der Waals surface area (Å²) in [6, 6.07) is 0. The Labute approximate surface area is 107 Å². The lowest BCUT2D eigenvalue weighted by atomic mass is 10.1. The van der Waals surface area contributed by atoms with Crippen LogP contribution >= 0.6 is 0 Å². The third-order valence-corrected chi connectivity index (χ3v) is 3.26. The van der Waals surface area contributed by atoms with Crippen molar-refractivity contribution in [2.24, 2.45) is 5.73 Å². The van der Waals surface area contributed by atoms with Crippen LogP contribution in [0.4, 0.5) is 0 Å². The van der Waals surface area contributed by atoms with Gasteiger partial charge in [-0.15, -0.1) is 0 Å². The molecule has 0 spiro atoms. The van der Waals surface area contributed by atoms with Gasteiger partial charge in [0, 0.05) is 13.3 Å². The molecule has 3 N–H and O–H groups in total. The predicted molar refractivity (Wildman–Crippen MR) is 74.9 cm³/mol. The molecule has 0 bridgehead atoms. The minimum absolute atomic E-state index is 0.358. The molecule has 0 heterocycles. The monoisotopic (exact) mass is 244 g/mol. The van der Waals surface area contributed by atoms with Crippen LogP contribution in [0.2, 0.25) is 0 Å². The maximum atomic E-state index is 8.64. The first kappa shape index (κ1) is 16.9. The molecule has 0 aromatic heterocycles. The fraction of sp³-hybridized carbons (Fsp3) is 1.00. The van der Waals surface area contributed by atoms with E-state index < -0.39 is 0 Å². The van der Waals surface area contributed by atoms with Gasteiger partial charge in [-0.25, -0.2) is 0 Å². The van der Waals surface area contributed by atoms with Crippen molar-refractivity contribution in [3.63, 3.8) is 0 Å². The van der Waals surface area contributed by atoms with Crippen molar-refractivity contribution >= 4 is 0 Å². The van der Waals surface area contributed by atoms with Gasteiger partial charge in [0.1, 0.15) is 0 Å². The number of nitrogens with zero attached hydrogens (tertiary/aromatic N) is 1. The first-order valence-electron chi connectivity index (χ1n) is 7.30. The highest BCUT2D eigenvalue weighted by molar-refractivity contribution is 4.50. The molecule has 0 saturated carbocycles. The van der Waals surface area contributed by atoms with Crippen LogP contribution < -0.4 is 5.73 Å². The van der Waals surface area contributed by atoms with Crippen LogP contribution in [0.25, 0.3) is 0 Å². The van der Waals surface area contributed by atoms with Gasteiger partial charge in [-0.3, -0.25) is 4.90 Å². The van der Waals surface area contributed by atoms with E-state index in [1.165, 1.54) is 57.8 Å². The average molecular weight is 244 g/mol. The number of hydrogen-bond donors (Lipinski definition) is 2. The van der Waals surface area contributed by atoms with Gasteiger partial charge in [0.05, 0.1) is 0 Å². The van der Waals surface area contributed by atoms with Crippen LogP contribution in [0.15, 0.2) is 0 Å². The van der Waals surface area contributed by atoms with Gasteiger partial charge in [-0.2, -0.15) is 0 Å². The Hall–Kier alpha value is -0.120. The van der Waals surface area contributed by atoms with Crippen molar-refractivity contribution in [1.29, 1.82) is 0 Å². The quantitative estimate of drug-likeness (QED) is 0.387. The van der Waals surface area contributed by atoms with Crippen LogP contribution in [-0.4, -0.2) is 36.9 Å². The second kappa shape index (κ2) is 13.9. The fourth-order valence-electron chi connectivity index (χ4n) is 2.00. The Morgan fingerprint density at radius 3 is 1.59 bits per heavy atom. The van der Waals surface area contributed by atoms with E-state index in [2.05, 4.69) is 11.9 Å². The normalized spacial score (nSPS) is 11.3. The minimum Gasteiger partial charge on any atom is -0.396 e. The zero-order valence-electron chi connectivity index (χ0n) is 11.7. The van der Waals surface area contributed by atoms with E-state index in [1.54, 1.807) is 0 Å². The molecular formula is C14H32N2O. The number of unbranched alkanes of at least 4 members (excludes halogenated alkanes) is 9. The van der Waals surface area contributed by atoms with Gasteiger partial charge < -0.3 is 10.8 Å². The minimum atomic E-state index is 0.358. The topological polar surface area (TPSA) is 49.5 Å². The van der Waals surface area contributed by atoms with Crippen LogP contribution in [0, 0.1) is 0 Å². The van der Waals surface area contributed by atoms with Crippen molar-refractivity contribution in [3.05, 3.63) is 0 Å². The summed E-state index contributed by atoms with van der Waals surface area (Å²) in [5.74, 6) is 0. The van der Waals surface area contributed by atoms with Crippen molar-refractivity contribution in [1.82, 2.24) is 4.90 Å². The molecule has 0 atom stereocenters. The lowest BCUT2D eigenvalue weighted by molar-refractivity contribution is 0.282. The Morgan fingerprint density at radius 2 is 1.18 bits per heavy atom. The summed E-state index contributed by atoms with van der Waals surface area (Å²) in [6.07, 6.45) is 12.9. The van der Waals surface area contributed by atoms with Crippen molar-refractivity contribution in [2.45, 2.75) is 64.2 Å². The van der Waals surface area contributed by atoms with Gasteiger partial charge in [0.2, 0.25) is 0 Å². The van der Waals surface area contributed by atoms with E-state index in [1.807, 2.05) is 0 Å². The van der Waals surface area contributed by atoms with Gasteiger partial charge in [-0.1, -0.05) is 51.4 Å². The summed E-state index contributed by atoms with van der Waals surface area (Å²) in [4.78, 5) is 2.17. The third-order valence-electron chi connectivity index (χ3n) is 3.26. The second-order valence-electron chi connectivity index (χ2n) is 5.02. The van der Waals surface area contributed by atoms with Crippen LogP contribution in [0.3, 0.4) is 0 Å². The number of nitrogens with two attached hydrogens (primary N) is 1. The molecule has 0 aliphatic rings. The van der Waals surface area contributed by atoms with Crippen molar-refractivity contribution in [3.8, 4) is 0 Å². The maximum Gasteiger partial charge on any atom is 0.0452 e. The lowest BCUT2D eigenvalue weighted by Gasteiger charge is -2.12. The molecule has 0 amide bonds. The summed E-state index contributed by atoms with van der Waals surface area (Å²) in [6.45, 7) is 2.17. The molecule has 104 valence electrons. The highest BCUT2D eigenvalue weighted by Crippen LogP contribution is 2.10. The van der Waals surface area contributed by atoms with Gasteiger partial charge >= 0.3 is 0 Å². The number of aliphatic hydroxyl groups is 1. The number of rotatable bonds is 13. The maximum absolute atomic E-state index is 8.64. The largest absolute Gasteiger partial charge is 0.396 e. The molecule has 0 radical (unpaired) electrons. The van der Waals surface area contributed by atoms with Crippen molar-refractivity contribution < 1.29 is 5.11 Å². The fourth-order valence-corrected chi connectivity index (χ4v) is 2.00. The van der Waals surface area contributed by atoms with E-state index in [4.69, 9.17) is 10.8 Å². The van der Waals surface area contributed by atoms with E-state index in [-0.39, 0.29) is 0 Å². The smallest absolute Gasteiger partial charge is 0.0452 e. The van der Waals surface area contributed by atoms with Gasteiger partial charge in [0.15, 0.2) is 0 Å². The van der Waals surface area contributed by atoms with E-state index in [0.717, 1.165) is 13.0 Å². The van der Waals surface area contributed by atoms with Crippen LogP contribution in [0.1, 0.15) is 64.2 Å². The van der Waals surface area contributed by atoms with Crippen molar-refractivity contribution in [2.75, 3.05) is 26.9 Å². The van der Waals surface area contributed by atoms with Gasteiger partial charge in [0.25, 0.3) is 0 Å². The molecule has 0 aromatic carbocycles. The summed E-state index contributed by atoms with van der Waals surface area (Å²) in [5, 5.41) is 8.64. The Kier molecular flexibility index (Phi) is 13.8. The lowest BCUT2D eigenvalue weighted by Crippen LogP contribution is -2.26. The molecule has 3 heteroatoms. The third kappa shape index (κ3) is 13.8. The molecule has 3 nitrogen and oxygen atoms in total. The molecule has 0 rings (SSSR count). The standard InChI is InChI=1S/C14H32N2O/c1-16(14-15)12-10-8-6-4-2-3-5-7-9-11-13-17/h17H,2-15H2,1H3. The number of hydrogen-bond acceptors (Lipinski definition) is 3. The zero-order valence-corrected chi connectivity index (χ0v) is 11.7. The van der Waals surface area contributed by atoms with E-state index >= 15 is 0 Å². The molecule has 0 fully saturated rings.